The van der Waals surface area contributed by atoms with Gasteiger partial charge in [-0.2, -0.15) is 0 Å². The number of hydrogen-bond donors (Lipinski definition) is 1. The van der Waals surface area contributed by atoms with Gasteiger partial charge in [0, 0.05) is 12.1 Å². The number of methoxy groups -OCH3 is 1. The van der Waals surface area contributed by atoms with Crippen LogP contribution in [-0.2, 0) is 17.7 Å². The van der Waals surface area contributed by atoms with Crippen LogP contribution in [0.15, 0.2) is 12.1 Å². The molecule has 86 valence electrons. The first-order chi connectivity index (χ1) is 7.63. The molecule has 1 N–H and O–H groups in total. The lowest BCUT2D eigenvalue weighted by Gasteiger charge is -2.28. The van der Waals surface area contributed by atoms with Crippen LogP contribution in [-0.4, -0.2) is 29.8 Å². The van der Waals surface area contributed by atoms with Gasteiger partial charge in [0.1, 0.15) is 11.6 Å². The molecule has 1 aromatic carbocycles. The Morgan fingerprint density at radius 1 is 1.50 bits per heavy atom. The van der Waals surface area contributed by atoms with Crippen LogP contribution in [0, 0.1) is 5.82 Å². The molecule has 1 aliphatic heterocycles. The molecule has 0 saturated carbocycles. The van der Waals surface area contributed by atoms with E-state index in [1.807, 2.05) is 0 Å². The topological polar surface area (TPSA) is 49.8 Å². The first-order valence-corrected chi connectivity index (χ1v) is 4.95. The minimum Gasteiger partial charge on any atom is -0.508 e. The third-order valence-electron chi connectivity index (χ3n) is 2.76. The monoisotopic (exact) mass is 225 g/mol. The van der Waals surface area contributed by atoms with Crippen molar-refractivity contribution in [2.45, 2.75) is 13.0 Å². The summed E-state index contributed by atoms with van der Waals surface area (Å²) in [6, 6.07) is 2.54. The molecule has 2 rings (SSSR count). The Kier molecular flexibility index (Phi) is 2.68. The molecule has 0 aliphatic carbocycles. The number of benzene rings is 1. The maximum Gasteiger partial charge on any atom is 0.409 e. The van der Waals surface area contributed by atoms with Gasteiger partial charge in [-0.1, -0.05) is 0 Å². The Bertz CT molecular complexity index is 433. The maximum atomic E-state index is 13.4. The van der Waals surface area contributed by atoms with E-state index in [0.717, 1.165) is 0 Å². The summed E-state index contributed by atoms with van der Waals surface area (Å²) in [6.07, 6.45) is -0.0701. The molecule has 0 atom stereocenters. The highest BCUT2D eigenvalue weighted by atomic mass is 19.1. The van der Waals surface area contributed by atoms with E-state index in [2.05, 4.69) is 4.74 Å². The van der Waals surface area contributed by atoms with Gasteiger partial charge in [0.2, 0.25) is 0 Å². The van der Waals surface area contributed by atoms with E-state index < -0.39 is 6.09 Å². The lowest BCUT2D eigenvalue weighted by Crippen LogP contribution is -2.36. The van der Waals surface area contributed by atoms with Crippen LogP contribution in [0.4, 0.5) is 9.18 Å². The molecular formula is C11H12FNO3. The van der Waals surface area contributed by atoms with Crippen molar-refractivity contribution in [3.05, 3.63) is 29.1 Å². The van der Waals surface area contributed by atoms with Crippen molar-refractivity contribution in [2.24, 2.45) is 0 Å². The fourth-order valence-electron chi connectivity index (χ4n) is 1.90. The highest BCUT2D eigenvalue weighted by Crippen LogP contribution is 2.29. The van der Waals surface area contributed by atoms with Gasteiger partial charge in [0.15, 0.2) is 0 Å². The van der Waals surface area contributed by atoms with Gasteiger partial charge in [-0.05, 0) is 24.1 Å². The van der Waals surface area contributed by atoms with E-state index in [-0.39, 0.29) is 18.1 Å². The lowest BCUT2D eigenvalue weighted by molar-refractivity contribution is 0.118. The molecule has 4 nitrogen and oxygen atoms in total. The van der Waals surface area contributed by atoms with Crippen LogP contribution in [0.5, 0.6) is 5.75 Å². The van der Waals surface area contributed by atoms with Gasteiger partial charge < -0.3 is 14.7 Å². The van der Waals surface area contributed by atoms with Crippen LogP contribution in [0.1, 0.15) is 11.1 Å². The maximum absolute atomic E-state index is 13.4. The minimum absolute atomic E-state index is 0.0185. The quantitative estimate of drug-likeness (QED) is 0.730. The average molecular weight is 225 g/mol. The van der Waals surface area contributed by atoms with E-state index in [1.165, 1.54) is 24.1 Å². The van der Waals surface area contributed by atoms with Crippen molar-refractivity contribution in [3.8, 4) is 5.75 Å². The van der Waals surface area contributed by atoms with Gasteiger partial charge in [-0.3, -0.25) is 0 Å². The van der Waals surface area contributed by atoms with Crippen LogP contribution >= 0.6 is 0 Å². The minimum atomic E-state index is -0.464. The summed E-state index contributed by atoms with van der Waals surface area (Å²) >= 11 is 0. The number of fused-ring (bicyclic) bond motifs is 1. The van der Waals surface area contributed by atoms with E-state index in [9.17, 15) is 14.3 Å². The van der Waals surface area contributed by atoms with E-state index >= 15 is 0 Å². The summed E-state index contributed by atoms with van der Waals surface area (Å²) in [5.74, 6) is -0.317. The molecule has 0 unspecified atom stereocenters. The summed E-state index contributed by atoms with van der Waals surface area (Å²) in [7, 11) is 1.29. The predicted octanol–water partition coefficient (Wildman–Crippen LogP) is 1.66. The van der Waals surface area contributed by atoms with Crippen molar-refractivity contribution >= 4 is 6.09 Å². The number of carbonyl (C=O) groups excluding carboxylic acids is 1. The second-order valence-corrected chi connectivity index (χ2v) is 3.67. The zero-order valence-corrected chi connectivity index (χ0v) is 8.86. The van der Waals surface area contributed by atoms with Crippen LogP contribution in [0.2, 0.25) is 0 Å². The zero-order chi connectivity index (χ0) is 11.7. The van der Waals surface area contributed by atoms with Gasteiger partial charge >= 0.3 is 6.09 Å². The summed E-state index contributed by atoms with van der Waals surface area (Å²) in [5, 5.41) is 9.61. The summed E-state index contributed by atoms with van der Waals surface area (Å²) in [6.45, 7) is 0.589. The normalized spacial score (nSPS) is 14.5. The molecular weight excluding hydrogens is 213 g/mol. The molecule has 0 spiro atoms. The second-order valence-electron chi connectivity index (χ2n) is 3.67. The van der Waals surface area contributed by atoms with Gasteiger partial charge in [0.05, 0.1) is 13.7 Å². The molecule has 0 bridgehead atoms. The van der Waals surface area contributed by atoms with Crippen molar-refractivity contribution in [1.82, 2.24) is 4.90 Å². The largest absolute Gasteiger partial charge is 0.508 e. The zero-order valence-electron chi connectivity index (χ0n) is 8.86. The van der Waals surface area contributed by atoms with Gasteiger partial charge in [-0.15, -0.1) is 0 Å². The SMILES string of the molecule is COC(=O)N1CCc2c(F)ccc(O)c2C1. The number of phenolic OH excluding ortho intramolecular Hbond substituents is 1. The Hall–Kier alpha value is -1.78. The Balaban J connectivity index is 2.33. The number of amides is 1. The number of phenols is 1. The molecule has 1 aromatic rings. The summed E-state index contributed by atoms with van der Waals surface area (Å²) in [4.78, 5) is 12.7. The molecule has 1 aliphatic rings. The van der Waals surface area contributed by atoms with Crippen molar-refractivity contribution < 1.29 is 19.0 Å². The van der Waals surface area contributed by atoms with E-state index in [4.69, 9.17) is 0 Å². The predicted molar refractivity (Wildman–Crippen MR) is 54.6 cm³/mol. The number of halogens is 1. The molecule has 5 heteroatoms. The number of nitrogens with zero attached hydrogens (tertiary/aromatic N) is 1. The standard InChI is InChI=1S/C11H12FNO3/c1-16-11(15)13-5-4-7-8(6-13)10(14)3-2-9(7)12/h2-3,14H,4-6H2,1H3. The highest BCUT2D eigenvalue weighted by Gasteiger charge is 2.25. The Labute approximate surface area is 92.2 Å². The van der Waals surface area contributed by atoms with Gasteiger partial charge in [-0.25, -0.2) is 9.18 Å². The van der Waals surface area contributed by atoms with E-state index in [0.29, 0.717) is 24.1 Å². The highest BCUT2D eigenvalue weighted by molar-refractivity contribution is 5.68. The average Bonchev–Trinajstić information content (AvgIpc) is 2.32. The van der Waals surface area contributed by atoms with Crippen molar-refractivity contribution in [1.29, 1.82) is 0 Å². The molecule has 1 heterocycles. The fraction of sp³-hybridized carbons (Fsp3) is 0.364. The number of hydrogen-bond acceptors (Lipinski definition) is 3. The number of ether oxygens (including phenoxy) is 1. The van der Waals surface area contributed by atoms with Crippen molar-refractivity contribution in [3.63, 3.8) is 0 Å². The molecule has 0 saturated heterocycles. The Morgan fingerprint density at radius 2 is 2.25 bits per heavy atom. The molecule has 0 aromatic heterocycles. The van der Waals surface area contributed by atoms with Crippen LogP contribution in [0.25, 0.3) is 0 Å². The molecule has 16 heavy (non-hydrogen) atoms. The van der Waals surface area contributed by atoms with Gasteiger partial charge in [0.25, 0.3) is 0 Å². The third-order valence-corrected chi connectivity index (χ3v) is 2.76. The van der Waals surface area contributed by atoms with Crippen molar-refractivity contribution in [2.75, 3.05) is 13.7 Å². The Morgan fingerprint density at radius 3 is 2.94 bits per heavy atom. The second kappa shape index (κ2) is 4.00. The summed E-state index contributed by atoms with van der Waals surface area (Å²) in [5.41, 5.74) is 0.955. The number of rotatable bonds is 0. The number of carbonyl (C=O) groups is 1. The first kappa shape index (κ1) is 10.7. The smallest absolute Gasteiger partial charge is 0.409 e. The molecule has 0 fully saturated rings. The first-order valence-electron chi connectivity index (χ1n) is 4.95. The molecule has 0 radical (unpaired) electrons. The van der Waals surface area contributed by atoms with E-state index in [1.54, 1.807) is 0 Å². The number of aromatic hydroxyl groups is 1. The van der Waals surface area contributed by atoms with Crippen LogP contribution < -0.4 is 0 Å². The fourth-order valence-corrected chi connectivity index (χ4v) is 1.90. The summed E-state index contributed by atoms with van der Waals surface area (Å²) < 4.78 is 18.0. The van der Waals surface area contributed by atoms with Crippen LogP contribution in [0.3, 0.4) is 0 Å². The molecule has 1 amide bonds. The third kappa shape index (κ3) is 1.68. The lowest BCUT2D eigenvalue weighted by atomic mass is 9.98.